The molecule has 0 aliphatic rings. The zero-order valence-corrected chi connectivity index (χ0v) is 9.97. The fourth-order valence-corrected chi connectivity index (χ4v) is 1.64. The summed E-state index contributed by atoms with van der Waals surface area (Å²) in [6.45, 7) is 2.00. The molecule has 0 aromatic heterocycles. The Kier molecular flexibility index (Phi) is 3.19. The van der Waals surface area contributed by atoms with Gasteiger partial charge in [0.05, 0.1) is 11.3 Å². The average molecular weight is 242 g/mol. The van der Waals surface area contributed by atoms with Gasteiger partial charge < -0.3 is 16.2 Å². The number of nitrogen functional groups attached to an aromatic ring is 1. The summed E-state index contributed by atoms with van der Waals surface area (Å²) >= 11 is 0. The molecule has 92 valence electrons. The number of rotatable bonds is 3. The van der Waals surface area contributed by atoms with Crippen molar-refractivity contribution in [2.24, 2.45) is 0 Å². The lowest BCUT2D eigenvalue weighted by Gasteiger charge is -2.10. The van der Waals surface area contributed by atoms with Crippen LogP contribution in [0.5, 0.6) is 0 Å². The number of carboxylic acid groups (broad SMARTS) is 1. The van der Waals surface area contributed by atoms with E-state index in [1.165, 1.54) is 6.07 Å². The molecule has 0 aliphatic heterocycles. The highest BCUT2D eigenvalue weighted by Gasteiger charge is 2.10. The van der Waals surface area contributed by atoms with Crippen molar-refractivity contribution in [2.75, 3.05) is 11.1 Å². The van der Waals surface area contributed by atoms with Gasteiger partial charge in [0.25, 0.3) is 0 Å². The summed E-state index contributed by atoms with van der Waals surface area (Å²) in [4.78, 5) is 11.1. The van der Waals surface area contributed by atoms with Crippen LogP contribution in [0.1, 0.15) is 15.9 Å². The maximum atomic E-state index is 11.1. The minimum Gasteiger partial charge on any atom is -0.478 e. The number of benzene rings is 2. The first-order valence-corrected chi connectivity index (χ1v) is 5.53. The first-order chi connectivity index (χ1) is 8.56. The molecule has 0 fully saturated rings. The Balaban J connectivity index is 2.34. The van der Waals surface area contributed by atoms with E-state index in [9.17, 15) is 4.79 Å². The summed E-state index contributed by atoms with van der Waals surface area (Å²) < 4.78 is 0. The monoisotopic (exact) mass is 242 g/mol. The van der Waals surface area contributed by atoms with E-state index in [0.29, 0.717) is 11.4 Å². The van der Waals surface area contributed by atoms with Crippen LogP contribution < -0.4 is 11.1 Å². The Morgan fingerprint density at radius 1 is 1.17 bits per heavy atom. The lowest BCUT2D eigenvalue weighted by atomic mass is 10.1. The molecule has 0 aliphatic carbocycles. The van der Waals surface area contributed by atoms with Crippen molar-refractivity contribution in [3.05, 3.63) is 53.6 Å². The second kappa shape index (κ2) is 4.79. The number of nitrogens with one attached hydrogen (secondary N) is 1. The molecule has 4 nitrogen and oxygen atoms in total. The molecule has 2 aromatic carbocycles. The quantitative estimate of drug-likeness (QED) is 0.723. The molecule has 2 aromatic rings. The fourth-order valence-electron chi connectivity index (χ4n) is 1.64. The zero-order valence-electron chi connectivity index (χ0n) is 9.97. The summed E-state index contributed by atoms with van der Waals surface area (Å²) in [6, 6.07) is 12.5. The molecule has 0 amide bonds. The molecule has 2 rings (SSSR count). The van der Waals surface area contributed by atoms with Crippen LogP contribution in [0.25, 0.3) is 0 Å². The third-order valence-electron chi connectivity index (χ3n) is 2.60. The van der Waals surface area contributed by atoms with Crippen molar-refractivity contribution in [1.82, 2.24) is 0 Å². The topological polar surface area (TPSA) is 75.3 Å². The van der Waals surface area contributed by atoms with Gasteiger partial charge in [0.15, 0.2) is 0 Å². The van der Waals surface area contributed by atoms with E-state index >= 15 is 0 Å². The van der Waals surface area contributed by atoms with Crippen LogP contribution in [-0.2, 0) is 0 Å². The predicted octanol–water partition coefficient (Wildman–Crippen LogP) is 3.02. The van der Waals surface area contributed by atoms with Crippen molar-refractivity contribution in [1.29, 1.82) is 0 Å². The molecule has 0 atom stereocenters. The first-order valence-electron chi connectivity index (χ1n) is 5.53. The number of carbonyl (C=O) groups is 1. The third-order valence-corrected chi connectivity index (χ3v) is 2.60. The zero-order chi connectivity index (χ0) is 13.1. The molecule has 0 unspecified atom stereocenters. The van der Waals surface area contributed by atoms with Gasteiger partial charge >= 0.3 is 5.97 Å². The third kappa shape index (κ3) is 2.60. The highest BCUT2D eigenvalue weighted by atomic mass is 16.4. The molecule has 0 heterocycles. The van der Waals surface area contributed by atoms with Gasteiger partial charge in [0.2, 0.25) is 0 Å². The van der Waals surface area contributed by atoms with Gasteiger partial charge in [-0.25, -0.2) is 4.79 Å². The normalized spacial score (nSPS) is 10.1. The Morgan fingerprint density at radius 2 is 1.83 bits per heavy atom. The van der Waals surface area contributed by atoms with E-state index in [1.54, 1.807) is 12.1 Å². The van der Waals surface area contributed by atoms with Gasteiger partial charge in [-0.15, -0.1) is 0 Å². The Hall–Kier alpha value is -2.49. The van der Waals surface area contributed by atoms with Crippen molar-refractivity contribution in [2.45, 2.75) is 6.92 Å². The molecule has 4 N–H and O–H groups in total. The Bertz CT molecular complexity index is 577. The SMILES string of the molecule is Cc1ccc(Nc2ccc(N)cc2C(=O)O)cc1. The number of carboxylic acids is 1. The van der Waals surface area contributed by atoms with Gasteiger partial charge in [-0.1, -0.05) is 17.7 Å². The highest BCUT2D eigenvalue weighted by Crippen LogP contribution is 2.23. The van der Waals surface area contributed by atoms with Crippen LogP contribution in [0.4, 0.5) is 17.1 Å². The summed E-state index contributed by atoms with van der Waals surface area (Å²) in [5, 5.41) is 12.2. The van der Waals surface area contributed by atoms with Gasteiger partial charge in [0.1, 0.15) is 0 Å². The maximum Gasteiger partial charge on any atom is 0.337 e. The van der Waals surface area contributed by atoms with Gasteiger partial charge in [-0.3, -0.25) is 0 Å². The largest absolute Gasteiger partial charge is 0.478 e. The van der Waals surface area contributed by atoms with E-state index in [2.05, 4.69) is 5.32 Å². The number of anilines is 3. The highest BCUT2D eigenvalue weighted by molar-refractivity contribution is 5.96. The van der Waals surface area contributed by atoms with E-state index < -0.39 is 5.97 Å². The van der Waals surface area contributed by atoms with E-state index in [4.69, 9.17) is 10.8 Å². The van der Waals surface area contributed by atoms with Crippen LogP contribution >= 0.6 is 0 Å². The van der Waals surface area contributed by atoms with Crippen molar-refractivity contribution in [3.8, 4) is 0 Å². The summed E-state index contributed by atoms with van der Waals surface area (Å²) in [6.07, 6.45) is 0. The second-order valence-corrected chi connectivity index (χ2v) is 4.10. The van der Waals surface area contributed by atoms with Crippen molar-refractivity contribution >= 4 is 23.0 Å². The Morgan fingerprint density at radius 3 is 2.44 bits per heavy atom. The molecule has 0 saturated carbocycles. The number of hydrogen-bond acceptors (Lipinski definition) is 3. The summed E-state index contributed by atoms with van der Waals surface area (Å²) in [5.74, 6) is -1.00. The van der Waals surface area contributed by atoms with Gasteiger partial charge in [-0.2, -0.15) is 0 Å². The average Bonchev–Trinajstić information content (AvgIpc) is 2.34. The van der Waals surface area contributed by atoms with Crippen molar-refractivity contribution < 1.29 is 9.90 Å². The summed E-state index contributed by atoms with van der Waals surface area (Å²) in [5.41, 5.74) is 8.70. The minimum absolute atomic E-state index is 0.163. The molecule has 0 saturated heterocycles. The smallest absolute Gasteiger partial charge is 0.337 e. The van der Waals surface area contributed by atoms with Gasteiger partial charge in [-0.05, 0) is 37.3 Å². The minimum atomic E-state index is -1.00. The maximum absolute atomic E-state index is 11.1. The van der Waals surface area contributed by atoms with Crippen LogP contribution in [0.15, 0.2) is 42.5 Å². The van der Waals surface area contributed by atoms with E-state index in [0.717, 1.165) is 11.3 Å². The molecule has 0 spiro atoms. The van der Waals surface area contributed by atoms with Crippen LogP contribution in [-0.4, -0.2) is 11.1 Å². The number of aryl methyl sites for hydroxylation is 1. The fraction of sp³-hybridized carbons (Fsp3) is 0.0714. The van der Waals surface area contributed by atoms with E-state index in [-0.39, 0.29) is 5.56 Å². The summed E-state index contributed by atoms with van der Waals surface area (Å²) in [7, 11) is 0. The molecule has 0 radical (unpaired) electrons. The molecular weight excluding hydrogens is 228 g/mol. The van der Waals surface area contributed by atoms with Crippen LogP contribution in [0, 0.1) is 6.92 Å². The van der Waals surface area contributed by atoms with E-state index in [1.807, 2.05) is 31.2 Å². The number of hydrogen-bond donors (Lipinski definition) is 3. The van der Waals surface area contributed by atoms with Crippen LogP contribution in [0.2, 0.25) is 0 Å². The Labute approximate surface area is 105 Å². The van der Waals surface area contributed by atoms with Gasteiger partial charge in [0, 0.05) is 11.4 Å². The first kappa shape index (κ1) is 12.0. The predicted molar refractivity (Wildman–Crippen MR) is 72.3 cm³/mol. The second-order valence-electron chi connectivity index (χ2n) is 4.10. The number of aromatic carboxylic acids is 1. The lowest BCUT2D eigenvalue weighted by Crippen LogP contribution is -2.03. The van der Waals surface area contributed by atoms with Crippen molar-refractivity contribution in [3.63, 3.8) is 0 Å². The van der Waals surface area contributed by atoms with Crippen LogP contribution in [0.3, 0.4) is 0 Å². The molecule has 18 heavy (non-hydrogen) atoms. The molecule has 4 heteroatoms. The number of nitrogens with two attached hydrogens (primary N) is 1. The lowest BCUT2D eigenvalue weighted by molar-refractivity contribution is 0.0698. The molecule has 0 bridgehead atoms. The standard InChI is InChI=1S/C14H14N2O2/c1-9-2-5-11(6-3-9)16-13-7-4-10(15)8-12(13)14(17)18/h2-8,16H,15H2,1H3,(H,17,18). The molecular formula is C14H14N2O2.